The lowest BCUT2D eigenvalue weighted by molar-refractivity contribution is -0.123. The molecule has 0 aliphatic rings. The van der Waals surface area contributed by atoms with Crippen LogP contribution in [0.2, 0.25) is 0 Å². The minimum absolute atomic E-state index is 0.0564. The molecule has 0 aromatic heterocycles. The molecule has 0 aromatic rings. The zero-order valence-corrected chi connectivity index (χ0v) is 40.6. The smallest absolute Gasteiger partial charge is 0.220 e. The van der Waals surface area contributed by atoms with Crippen molar-refractivity contribution in [1.29, 1.82) is 0 Å². The van der Waals surface area contributed by atoms with E-state index in [1.807, 2.05) is 6.08 Å². The number of unbranched alkanes of at least 4 members (excludes halogenated alkanes) is 44. The average molecular weight is 832 g/mol. The molecule has 0 saturated carbocycles. The average Bonchev–Trinajstić information content (AvgIpc) is 3.24. The van der Waals surface area contributed by atoms with Crippen LogP contribution < -0.4 is 5.32 Å². The Hall–Kier alpha value is -0.870. The number of aliphatic hydroxyl groups excluding tert-OH is 2. The number of carbonyl (C=O) groups excluding carboxylic acids is 1. The summed E-state index contributed by atoms with van der Waals surface area (Å²) in [6, 6.07) is -0.618. The highest BCUT2D eigenvalue weighted by atomic mass is 16.3. The predicted molar refractivity (Wildman–Crippen MR) is 263 cm³/mol. The van der Waals surface area contributed by atoms with Crippen molar-refractivity contribution in [3.05, 3.63) is 12.2 Å². The molecule has 0 radical (unpaired) electrons. The molecule has 0 bridgehead atoms. The first-order chi connectivity index (χ1) is 29.2. The third-order valence-corrected chi connectivity index (χ3v) is 13.0. The molecular formula is C55H109NO3. The quantitative estimate of drug-likeness (QED) is 0.0422. The zero-order chi connectivity index (χ0) is 42.8. The third-order valence-electron chi connectivity index (χ3n) is 13.0. The second-order valence-electron chi connectivity index (χ2n) is 19.0. The lowest BCUT2D eigenvalue weighted by atomic mass is 10.0. The van der Waals surface area contributed by atoms with Gasteiger partial charge in [-0.15, -0.1) is 0 Å². The standard InChI is InChI=1S/C55H109NO3/c1-3-5-7-9-11-13-15-17-19-21-23-25-26-27-28-29-30-31-32-34-36-38-40-42-44-46-48-50-54(58)53(52-57)56-55(59)51-49-47-45-43-41-39-37-35-33-24-22-20-18-16-14-12-10-8-6-4-2/h48,50,53-54,57-58H,3-47,49,51-52H2,1-2H3,(H,56,59)/b50-48+. The van der Waals surface area contributed by atoms with Gasteiger partial charge in [0.1, 0.15) is 0 Å². The maximum Gasteiger partial charge on any atom is 0.220 e. The lowest BCUT2D eigenvalue weighted by Gasteiger charge is -2.20. The maximum absolute atomic E-state index is 12.4. The molecule has 0 aliphatic heterocycles. The van der Waals surface area contributed by atoms with Gasteiger partial charge in [0.05, 0.1) is 18.8 Å². The van der Waals surface area contributed by atoms with Crippen molar-refractivity contribution >= 4 is 5.91 Å². The van der Waals surface area contributed by atoms with Gasteiger partial charge in [-0.3, -0.25) is 4.79 Å². The van der Waals surface area contributed by atoms with E-state index in [9.17, 15) is 15.0 Å². The molecule has 4 heteroatoms. The molecule has 3 N–H and O–H groups in total. The second-order valence-corrected chi connectivity index (χ2v) is 19.0. The molecule has 59 heavy (non-hydrogen) atoms. The first kappa shape index (κ1) is 58.1. The fourth-order valence-corrected chi connectivity index (χ4v) is 8.83. The Morgan fingerprint density at radius 1 is 0.390 bits per heavy atom. The molecule has 0 fully saturated rings. The summed E-state index contributed by atoms with van der Waals surface area (Å²) in [5.74, 6) is -0.0564. The van der Waals surface area contributed by atoms with Crippen molar-refractivity contribution in [1.82, 2.24) is 5.32 Å². The van der Waals surface area contributed by atoms with Crippen molar-refractivity contribution in [2.45, 2.75) is 328 Å². The monoisotopic (exact) mass is 832 g/mol. The van der Waals surface area contributed by atoms with Crippen molar-refractivity contribution < 1.29 is 15.0 Å². The van der Waals surface area contributed by atoms with E-state index >= 15 is 0 Å². The van der Waals surface area contributed by atoms with Gasteiger partial charge in [-0.05, 0) is 19.3 Å². The highest BCUT2D eigenvalue weighted by Crippen LogP contribution is 2.18. The van der Waals surface area contributed by atoms with Crippen LogP contribution in [0.1, 0.15) is 316 Å². The van der Waals surface area contributed by atoms with Gasteiger partial charge in [-0.2, -0.15) is 0 Å². The van der Waals surface area contributed by atoms with E-state index in [1.54, 1.807) is 6.08 Å². The largest absolute Gasteiger partial charge is 0.394 e. The van der Waals surface area contributed by atoms with E-state index in [2.05, 4.69) is 19.2 Å². The van der Waals surface area contributed by atoms with Gasteiger partial charge >= 0.3 is 0 Å². The van der Waals surface area contributed by atoms with Crippen LogP contribution in [-0.4, -0.2) is 34.9 Å². The highest BCUT2D eigenvalue weighted by molar-refractivity contribution is 5.76. The minimum Gasteiger partial charge on any atom is -0.394 e. The Labute approximate surface area is 371 Å². The molecule has 0 aromatic carbocycles. The van der Waals surface area contributed by atoms with Gasteiger partial charge in [0, 0.05) is 6.42 Å². The predicted octanol–water partition coefficient (Wildman–Crippen LogP) is 17.8. The zero-order valence-electron chi connectivity index (χ0n) is 40.6. The van der Waals surface area contributed by atoms with Crippen LogP contribution in [0.25, 0.3) is 0 Å². The summed E-state index contributed by atoms with van der Waals surface area (Å²) < 4.78 is 0. The number of rotatable bonds is 51. The van der Waals surface area contributed by atoms with E-state index in [0.29, 0.717) is 6.42 Å². The van der Waals surface area contributed by atoms with Crippen LogP contribution >= 0.6 is 0 Å². The van der Waals surface area contributed by atoms with Gasteiger partial charge in [-0.1, -0.05) is 302 Å². The molecule has 0 saturated heterocycles. The number of hydrogen-bond donors (Lipinski definition) is 3. The Morgan fingerprint density at radius 3 is 0.881 bits per heavy atom. The van der Waals surface area contributed by atoms with Gasteiger partial charge < -0.3 is 15.5 Å². The summed E-state index contributed by atoms with van der Waals surface area (Å²) in [6.07, 6.45) is 66.5. The molecule has 4 nitrogen and oxygen atoms in total. The molecular weight excluding hydrogens is 723 g/mol. The summed E-state index contributed by atoms with van der Waals surface area (Å²) in [5.41, 5.74) is 0. The Bertz CT molecular complexity index is 814. The van der Waals surface area contributed by atoms with Crippen molar-refractivity contribution in [2.24, 2.45) is 0 Å². The van der Waals surface area contributed by atoms with E-state index in [-0.39, 0.29) is 12.5 Å². The van der Waals surface area contributed by atoms with Crippen LogP contribution in [0.3, 0.4) is 0 Å². The highest BCUT2D eigenvalue weighted by Gasteiger charge is 2.18. The van der Waals surface area contributed by atoms with Crippen molar-refractivity contribution in [3.8, 4) is 0 Å². The molecule has 0 rings (SSSR count). The first-order valence-corrected chi connectivity index (χ1v) is 27.4. The Kier molecular flexibility index (Phi) is 50.7. The fourth-order valence-electron chi connectivity index (χ4n) is 8.83. The Morgan fingerprint density at radius 2 is 0.627 bits per heavy atom. The molecule has 2 atom stereocenters. The van der Waals surface area contributed by atoms with E-state index < -0.39 is 12.1 Å². The number of nitrogens with one attached hydrogen (secondary N) is 1. The van der Waals surface area contributed by atoms with Crippen LogP contribution in [0, 0.1) is 0 Å². The lowest BCUT2D eigenvalue weighted by Crippen LogP contribution is -2.45. The molecule has 0 aliphatic carbocycles. The SMILES string of the molecule is CCCCCCCCCCCCCCCCCCCCCCCCCCC/C=C/C(O)C(CO)NC(=O)CCCCCCCCCCCCCCCCCCCCCC. The van der Waals surface area contributed by atoms with Gasteiger partial charge in [0.25, 0.3) is 0 Å². The molecule has 352 valence electrons. The summed E-state index contributed by atoms with van der Waals surface area (Å²) in [5, 5.41) is 23.2. The van der Waals surface area contributed by atoms with Gasteiger partial charge in [0.2, 0.25) is 5.91 Å². The van der Waals surface area contributed by atoms with Gasteiger partial charge in [-0.25, -0.2) is 0 Å². The number of carbonyl (C=O) groups is 1. The number of hydrogen-bond acceptors (Lipinski definition) is 3. The summed E-state index contributed by atoms with van der Waals surface area (Å²) >= 11 is 0. The van der Waals surface area contributed by atoms with Crippen molar-refractivity contribution in [2.75, 3.05) is 6.61 Å². The van der Waals surface area contributed by atoms with E-state index in [1.165, 1.54) is 270 Å². The molecule has 2 unspecified atom stereocenters. The minimum atomic E-state index is -0.835. The molecule has 0 heterocycles. The van der Waals surface area contributed by atoms with E-state index in [4.69, 9.17) is 0 Å². The second kappa shape index (κ2) is 51.5. The van der Waals surface area contributed by atoms with Crippen molar-refractivity contribution in [3.63, 3.8) is 0 Å². The van der Waals surface area contributed by atoms with Crippen LogP contribution in [0.4, 0.5) is 0 Å². The third kappa shape index (κ3) is 48.0. The van der Waals surface area contributed by atoms with Crippen LogP contribution in [0.15, 0.2) is 12.2 Å². The summed E-state index contributed by atoms with van der Waals surface area (Å²) in [6.45, 7) is 4.35. The normalized spacial score (nSPS) is 12.8. The maximum atomic E-state index is 12.4. The van der Waals surface area contributed by atoms with Gasteiger partial charge in [0.15, 0.2) is 0 Å². The summed E-state index contributed by atoms with van der Waals surface area (Å²) in [4.78, 5) is 12.4. The topological polar surface area (TPSA) is 69.6 Å². The molecule has 1 amide bonds. The summed E-state index contributed by atoms with van der Waals surface area (Å²) in [7, 11) is 0. The van der Waals surface area contributed by atoms with Crippen LogP contribution in [0.5, 0.6) is 0 Å². The van der Waals surface area contributed by atoms with Crippen LogP contribution in [-0.2, 0) is 4.79 Å². The number of allylic oxidation sites excluding steroid dienone is 1. The number of aliphatic hydroxyl groups is 2. The fraction of sp³-hybridized carbons (Fsp3) is 0.945. The van der Waals surface area contributed by atoms with E-state index in [0.717, 1.165) is 25.7 Å². The molecule has 0 spiro atoms. The Balaban J connectivity index is 3.45. The first-order valence-electron chi connectivity index (χ1n) is 27.4. The number of amides is 1.